The van der Waals surface area contributed by atoms with E-state index in [4.69, 9.17) is 30.5 Å². The van der Waals surface area contributed by atoms with Gasteiger partial charge in [0.25, 0.3) is 0 Å². The van der Waals surface area contributed by atoms with Gasteiger partial charge in [0.2, 0.25) is 0 Å². The molecule has 0 bridgehead atoms. The third-order valence-corrected chi connectivity index (χ3v) is 5.55. The van der Waals surface area contributed by atoms with Crippen LogP contribution < -0.4 is 17.2 Å². The van der Waals surface area contributed by atoms with Crippen LogP contribution in [0.4, 0.5) is 0 Å². The summed E-state index contributed by atoms with van der Waals surface area (Å²) in [6.45, 7) is 3.01. The highest BCUT2D eigenvalue weighted by molar-refractivity contribution is 6.60. The van der Waals surface area contributed by atoms with E-state index < -0.39 is 8.80 Å². The summed E-state index contributed by atoms with van der Waals surface area (Å²) in [6.07, 6.45) is 1.37. The molecule has 0 aromatic rings. The van der Waals surface area contributed by atoms with Crippen molar-refractivity contribution in [1.29, 1.82) is 0 Å². The van der Waals surface area contributed by atoms with Crippen molar-refractivity contribution in [2.75, 3.05) is 27.3 Å². The number of rotatable bonds is 10. The molecule has 7 heteroatoms. The van der Waals surface area contributed by atoms with Gasteiger partial charge in [0.1, 0.15) is 0 Å². The van der Waals surface area contributed by atoms with Crippen LogP contribution in [0.5, 0.6) is 0 Å². The Hall–Kier alpha value is -0.0231. The second kappa shape index (κ2) is 8.98. The van der Waals surface area contributed by atoms with Crippen molar-refractivity contribution in [2.24, 2.45) is 17.2 Å². The first-order valence-corrected chi connectivity index (χ1v) is 7.92. The maximum absolute atomic E-state index is 5.97. The summed E-state index contributed by atoms with van der Waals surface area (Å²) in [5.41, 5.74) is 16.9. The summed E-state index contributed by atoms with van der Waals surface area (Å²) in [5.74, 6) is 0. The van der Waals surface area contributed by atoms with E-state index in [1.54, 1.807) is 14.2 Å². The lowest BCUT2D eigenvalue weighted by atomic mass is 10.1. The number of hydrogen-bond donors (Lipinski definition) is 3. The molecule has 0 amide bonds. The zero-order valence-electron chi connectivity index (χ0n) is 11.1. The van der Waals surface area contributed by atoms with Crippen molar-refractivity contribution in [3.05, 3.63) is 0 Å². The van der Waals surface area contributed by atoms with Gasteiger partial charge >= 0.3 is 8.80 Å². The summed E-state index contributed by atoms with van der Waals surface area (Å²) in [5, 5.41) is 0. The van der Waals surface area contributed by atoms with Crippen molar-refractivity contribution < 1.29 is 13.3 Å². The van der Waals surface area contributed by atoms with Gasteiger partial charge in [-0.3, -0.25) is 0 Å². The van der Waals surface area contributed by atoms with Crippen LogP contribution in [0.3, 0.4) is 0 Å². The summed E-state index contributed by atoms with van der Waals surface area (Å²) in [7, 11) is 0.565. The Morgan fingerprint density at radius 2 is 1.71 bits per heavy atom. The standard InChI is InChI=1S/C10H27N3O3Si/c1-9(13)10(5-7-12)16-17(14-2,15-3)8-4-6-11/h9-10H,4-8,11-13H2,1-3H3. The van der Waals surface area contributed by atoms with Crippen LogP contribution in [0.1, 0.15) is 19.8 Å². The lowest BCUT2D eigenvalue weighted by molar-refractivity contribution is 0.0425. The molecule has 104 valence electrons. The van der Waals surface area contributed by atoms with Gasteiger partial charge in [-0.1, -0.05) is 0 Å². The van der Waals surface area contributed by atoms with Crippen LogP contribution >= 0.6 is 0 Å². The molecule has 0 fully saturated rings. The molecule has 0 aliphatic heterocycles. The minimum Gasteiger partial charge on any atom is -0.377 e. The second-order valence-corrected chi connectivity index (χ2v) is 6.99. The van der Waals surface area contributed by atoms with Gasteiger partial charge in [0, 0.05) is 26.3 Å². The first-order valence-electron chi connectivity index (χ1n) is 5.99. The minimum atomic E-state index is -2.64. The quantitative estimate of drug-likeness (QED) is 0.466. The largest absolute Gasteiger partial charge is 0.500 e. The molecule has 0 rings (SSSR count). The van der Waals surface area contributed by atoms with Crippen molar-refractivity contribution in [1.82, 2.24) is 0 Å². The molecule has 0 radical (unpaired) electrons. The summed E-state index contributed by atoms with van der Waals surface area (Å²) < 4.78 is 16.9. The number of hydrogen-bond acceptors (Lipinski definition) is 6. The maximum atomic E-state index is 5.97. The van der Waals surface area contributed by atoms with E-state index >= 15 is 0 Å². The smallest absolute Gasteiger partial charge is 0.377 e. The summed E-state index contributed by atoms with van der Waals surface area (Å²) >= 11 is 0. The Labute approximate surface area is 105 Å². The van der Waals surface area contributed by atoms with Crippen LogP contribution in [-0.4, -0.2) is 48.3 Å². The molecule has 2 unspecified atom stereocenters. The van der Waals surface area contributed by atoms with Gasteiger partial charge in [-0.25, -0.2) is 0 Å². The van der Waals surface area contributed by atoms with E-state index in [-0.39, 0.29) is 12.1 Å². The zero-order valence-corrected chi connectivity index (χ0v) is 12.1. The van der Waals surface area contributed by atoms with Crippen LogP contribution in [0.25, 0.3) is 0 Å². The van der Waals surface area contributed by atoms with E-state index in [0.717, 1.165) is 6.42 Å². The molecule has 0 aromatic heterocycles. The number of nitrogens with two attached hydrogens (primary N) is 3. The highest BCUT2D eigenvalue weighted by Gasteiger charge is 2.41. The molecule has 0 saturated carbocycles. The van der Waals surface area contributed by atoms with Crippen molar-refractivity contribution >= 4 is 8.80 Å². The Morgan fingerprint density at radius 3 is 2.06 bits per heavy atom. The van der Waals surface area contributed by atoms with Crippen molar-refractivity contribution in [3.63, 3.8) is 0 Å². The fourth-order valence-corrected chi connectivity index (χ4v) is 3.90. The molecular weight excluding hydrogens is 238 g/mol. The first-order chi connectivity index (χ1) is 8.05. The van der Waals surface area contributed by atoms with Crippen LogP contribution in [0.2, 0.25) is 6.04 Å². The van der Waals surface area contributed by atoms with E-state index in [1.807, 2.05) is 6.92 Å². The SMILES string of the molecule is CO[Si](CCCN)(OC)OC(CCN)C(C)N. The van der Waals surface area contributed by atoms with Gasteiger partial charge in [0.15, 0.2) is 0 Å². The molecule has 17 heavy (non-hydrogen) atoms. The Balaban J connectivity index is 4.56. The predicted octanol–water partition coefficient (Wildman–Crippen LogP) is -0.352. The normalized spacial score (nSPS) is 15.9. The average Bonchev–Trinajstić information content (AvgIpc) is 2.33. The van der Waals surface area contributed by atoms with E-state index in [9.17, 15) is 0 Å². The van der Waals surface area contributed by atoms with Gasteiger partial charge in [-0.2, -0.15) is 0 Å². The van der Waals surface area contributed by atoms with Crippen molar-refractivity contribution in [2.45, 2.75) is 38.0 Å². The van der Waals surface area contributed by atoms with Crippen molar-refractivity contribution in [3.8, 4) is 0 Å². The zero-order chi connectivity index (χ0) is 13.3. The summed E-state index contributed by atoms with van der Waals surface area (Å²) in [4.78, 5) is 0. The molecule has 0 saturated heterocycles. The van der Waals surface area contributed by atoms with Gasteiger partial charge in [0.05, 0.1) is 6.10 Å². The molecule has 0 aliphatic rings. The second-order valence-electron chi connectivity index (χ2n) is 4.08. The minimum absolute atomic E-state index is 0.103. The van der Waals surface area contributed by atoms with Crippen LogP contribution in [0.15, 0.2) is 0 Å². The molecule has 0 aliphatic carbocycles. The van der Waals surface area contributed by atoms with E-state index in [0.29, 0.717) is 25.6 Å². The molecule has 0 spiro atoms. The Morgan fingerprint density at radius 1 is 1.12 bits per heavy atom. The fraction of sp³-hybridized carbons (Fsp3) is 1.00. The van der Waals surface area contributed by atoms with Gasteiger partial charge in [-0.05, 0) is 32.9 Å². The molecule has 2 atom stereocenters. The predicted molar refractivity (Wildman–Crippen MR) is 70.4 cm³/mol. The monoisotopic (exact) mass is 265 g/mol. The molecule has 0 aromatic carbocycles. The lowest BCUT2D eigenvalue weighted by Gasteiger charge is -2.32. The molecular formula is C10H27N3O3Si. The highest BCUT2D eigenvalue weighted by atomic mass is 28.4. The highest BCUT2D eigenvalue weighted by Crippen LogP contribution is 2.20. The van der Waals surface area contributed by atoms with E-state index in [2.05, 4.69) is 0 Å². The maximum Gasteiger partial charge on any atom is 0.500 e. The van der Waals surface area contributed by atoms with Crippen LogP contribution in [0, 0.1) is 0 Å². The first kappa shape index (κ1) is 17.0. The lowest BCUT2D eigenvalue weighted by Crippen LogP contribution is -2.51. The summed E-state index contributed by atoms with van der Waals surface area (Å²) in [6, 6.07) is 0.596. The third kappa shape index (κ3) is 5.91. The molecule has 6 N–H and O–H groups in total. The molecule has 6 nitrogen and oxygen atoms in total. The van der Waals surface area contributed by atoms with E-state index in [1.165, 1.54) is 0 Å². The fourth-order valence-electron chi connectivity index (χ4n) is 1.59. The average molecular weight is 265 g/mol. The Kier molecular flexibility index (Phi) is 8.97. The topological polar surface area (TPSA) is 106 Å². The third-order valence-electron chi connectivity index (χ3n) is 2.68. The van der Waals surface area contributed by atoms with Gasteiger partial charge < -0.3 is 30.5 Å². The Bertz CT molecular complexity index is 192. The van der Waals surface area contributed by atoms with Crippen LogP contribution in [-0.2, 0) is 13.3 Å². The molecule has 0 heterocycles. The van der Waals surface area contributed by atoms with Gasteiger partial charge in [-0.15, -0.1) is 0 Å².